The van der Waals surface area contributed by atoms with E-state index in [9.17, 15) is 9.59 Å². The van der Waals surface area contributed by atoms with Gasteiger partial charge in [-0.3, -0.25) is 4.79 Å². The van der Waals surface area contributed by atoms with E-state index in [2.05, 4.69) is 19.6 Å². The molecular weight excluding hydrogens is 266 g/mol. The van der Waals surface area contributed by atoms with Crippen molar-refractivity contribution >= 4 is 29.1 Å². The van der Waals surface area contributed by atoms with Gasteiger partial charge in [0, 0.05) is 0 Å². The van der Waals surface area contributed by atoms with Crippen molar-refractivity contribution in [3.63, 3.8) is 0 Å². The number of esters is 1. The zero-order valence-corrected chi connectivity index (χ0v) is 11.2. The van der Waals surface area contributed by atoms with E-state index in [0.29, 0.717) is 21.8 Å². The number of nitrogens with zero attached hydrogens (tertiary/aromatic N) is 2. The maximum atomic E-state index is 12.0. The second-order valence-corrected chi connectivity index (χ2v) is 4.43. The van der Waals surface area contributed by atoms with Crippen molar-refractivity contribution in [2.24, 2.45) is 0 Å². The molecule has 98 valence electrons. The Kier molecular flexibility index (Phi) is 3.86. The lowest BCUT2D eigenvalue weighted by Crippen LogP contribution is -2.15. The van der Waals surface area contributed by atoms with Crippen LogP contribution in [0.3, 0.4) is 0 Å². The van der Waals surface area contributed by atoms with Gasteiger partial charge in [-0.25, -0.2) is 4.79 Å². The molecule has 0 fully saturated rings. The number of aryl methyl sites for hydroxylation is 1. The molecule has 0 aliphatic carbocycles. The highest BCUT2D eigenvalue weighted by Gasteiger charge is 2.17. The highest BCUT2D eigenvalue weighted by atomic mass is 32.1. The van der Waals surface area contributed by atoms with Gasteiger partial charge in [0.2, 0.25) is 0 Å². The topological polar surface area (TPSA) is 81.2 Å². The Bertz CT molecular complexity index is 624. The molecule has 1 aromatic heterocycles. The van der Waals surface area contributed by atoms with Gasteiger partial charge in [-0.1, -0.05) is 16.6 Å². The maximum absolute atomic E-state index is 12.0. The fourth-order valence-corrected chi connectivity index (χ4v) is 2.05. The molecule has 0 atom stereocenters. The molecule has 0 saturated heterocycles. The number of rotatable bonds is 3. The molecule has 0 saturated carbocycles. The summed E-state index contributed by atoms with van der Waals surface area (Å²) in [5.74, 6) is -0.848. The van der Waals surface area contributed by atoms with Crippen LogP contribution in [-0.4, -0.2) is 28.6 Å². The van der Waals surface area contributed by atoms with E-state index in [1.807, 2.05) is 0 Å². The molecule has 0 bridgehead atoms. The molecule has 19 heavy (non-hydrogen) atoms. The van der Waals surface area contributed by atoms with E-state index in [4.69, 9.17) is 0 Å². The predicted octanol–water partition coefficient (Wildman–Crippen LogP) is 1.89. The number of para-hydroxylation sites is 1. The Balaban J connectivity index is 2.27. The van der Waals surface area contributed by atoms with E-state index in [1.165, 1.54) is 7.11 Å². The Hall–Kier alpha value is -2.28. The summed E-state index contributed by atoms with van der Waals surface area (Å²) in [6.45, 7) is 1.70. The molecule has 1 aromatic carbocycles. The third-order valence-electron chi connectivity index (χ3n) is 2.44. The molecule has 0 aliphatic heterocycles. The number of hydrogen-bond acceptors (Lipinski definition) is 6. The second-order valence-electron chi connectivity index (χ2n) is 3.68. The summed E-state index contributed by atoms with van der Waals surface area (Å²) in [5.41, 5.74) is 1.25. The zero-order chi connectivity index (χ0) is 13.8. The van der Waals surface area contributed by atoms with Gasteiger partial charge >= 0.3 is 5.97 Å². The molecule has 0 aliphatic rings. The van der Waals surface area contributed by atoms with Crippen molar-refractivity contribution < 1.29 is 14.3 Å². The lowest BCUT2D eigenvalue weighted by atomic mass is 10.1. The quantitative estimate of drug-likeness (QED) is 0.866. The summed E-state index contributed by atoms with van der Waals surface area (Å²) in [5, 5.41) is 6.43. The summed E-state index contributed by atoms with van der Waals surface area (Å²) in [6.07, 6.45) is 0. The van der Waals surface area contributed by atoms with Crippen LogP contribution in [0.15, 0.2) is 24.3 Å². The van der Waals surface area contributed by atoms with Crippen molar-refractivity contribution in [3.8, 4) is 0 Å². The first-order valence-corrected chi connectivity index (χ1v) is 6.18. The normalized spacial score (nSPS) is 10.0. The lowest BCUT2D eigenvalue weighted by molar-refractivity contribution is 0.0602. The van der Waals surface area contributed by atoms with Gasteiger partial charge < -0.3 is 10.1 Å². The largest absolute Gasteiger partial charge is 0.465 e. The van der Waals surface area contributed by atoms with Crippen LogP contribution in [0.1, 0.15) is 25.7 Å². The highest BCUT2D eigenvalue weighted by molar-refractivity contribution is 7.08. The number of carbonyl (C=O) groups excluding carboxylic acids is 2. The van der Waals surface area contributed by atoms with Gasteiger partial charge in [-0.2, -0.15) is 0 Å². The van der Waals surface area contributed by atoms with E-state index in [0.717, 1.165) is 11.5 Å². The second kappa shape index (κ2) is 5.57. The van der Waals surface area contributed by atoms with E-state index in [-0.39, 0.29) is 5.91 Å². The number of nitrogens with one attached hydrogen (secondary N) is 1. The molecular formula is C12H11N3O3S. The maximum Gasteiger partial charge on any atom is 0.339 e. The summed E-state index contributed by atoms with van der Waals surface area (Å²) >= 11 is 1.01. The number of ether oxygens (including phenoxy) is 1. The minimum Gasteiger partial charge on any atom is -0.465 e. The Morgan fingerprint density at radius 1 is 1.32 bits per heavy atom. The first kappa shape index (κ1) is 13.2. The van der Waals surface area contributed by atoms with Crippen LogP contribution in [0.25, 0.3) is 0 Å². The van der Waals surface area contributed by atoms with Gasteiger partial charge in [0.25, 0.3) is 5.91 Å². The van der Waals surface area contributed by atoms with E-state index < -0.39 is 5.97 Å². The average Bonchev–Trinajstić information content (AvgIpc) is 2.85. The van der Waals surface area contributed by atoms with Crippen molar-refractivity contribution in [2.75, 3.05) is 12.4 Å². The highest BCUT2D eigenvalue weighted by Crippen LogP contribution is 2.18. The summed E-state index contributed by atoms with van der Waals surface area (Å²) in [4.78, 5) is 24.0. The molecule has 7 heteroatoms. The first-order valence-electron chi connectivity index (χ1n) is 5.41. The molecule has 1 heterocycles. The van der Waals surface area contributed by atoms with Gasteiger partial charge in [-0.15, -0.1) is 5.10 Å². The van der Waals surface area contributed by atoms with Gasteiger partial charge in [0.05, 0.1) is 24.1 Å². The Labute approximate surface area is 113 Å². The smallest absolute Gasteiger partial charge is 0.339 e. The van der Waals surface area contributed by atoms with E-state index in [1.54, 1.807) is 31.2 Å². The van der Waals surface area contributed by atoms with Crippen molar-refractivity contribution in [3.05, 3.63) is 40.4 Å². The number of benzene rings is 1. The van der Waals surface area contributed by atoms with Crippen LogP contribution in [0, 0.1) is 6.92 Å². The first-order chi connectivity index (χ1) is 9.13. The van der Waals surface area contributed by atoms with Gasteiger partial charge in [-0.05, 0) is 30.6 Å². The van der Waals surface area contributed by atoms with Crippen molar-refractivity contribution in [1.29, 1.82) is 0 Å². The number of carbonyl (C=O) groups is 2. The summed E-state index contributed by atoms with van der Waals surface area (Å²) in [6, 6.07) is 6.63. The van der Waals surface area contributed by atoms with Gasteiger partial charge in [0.1, 0.15) is 4.88 Å². The Morgan fingerprint density at radius 2 is 2.05 bits per heavy atom. The number of amides is 1. The molecule has 6 nitrogen and oxygen atoms in total. The van der Waals surface area contributed by atoms with Crippen molar-refractivity contribution in [2.45, 2.75) is 6.92 Å². The number of anilines is 1. The SMILES string of the molecule is COC(=O)c1ccccc1NC(=O)c1snnc1C. The molecule has 0 radical (unpaired) electrons. The molecule has 0 unspecified atom stereocenters. The monoisotopic (exact) mass is 277 g/mol. The fraction of sp³-hybridized carbons (Fsp3) is 0.167. The molecule has 2 aromatic rings. The van der Waals surface area contributed by atoms with Crippen LogP contribution < -0.4 is 5.32 Å². The summed E-state index contributed by atoms with van der Waals surface area (Å²) in [7, 11) is 1.29. The van der Waals surface area contributed by atoms with Crippen LogP contribution >= 0.6 is 11.5 Å². The number of hydrogen-bond donors (Lipinski definition) is 1. The number of aromatic nitrogens is 2. The minimum absolute atomic E-state index is 0.300. The third-order valence-corrected chi connectivity index (χ3v) is 3.27. The molecule has 2 rings (SSSR count). The minimum atomic E-state index is -0.505. The lowest BCUT2D eigenvalue weighted by Gasteiger charge is -2.08. The molecule has 1 N–H and O–H groups in total. The van der Waals surface area contributed by atoms with Crippen LogP contribution in [0.2, 0.25) is 0 Å². The molecule has 0 spiro atoms. The van der Waals surface area contributed by atoms with Crippen LogP contribution in [0.5, 0.6) is 0 Å². The predicted molar refractivity (Wildman–Crippen MR) is 70.4 cm³/mol. The summed E-state index contributed by atoms with van der Waals surface area (Å²) < 4.78 is 8.36. The average molecular weight is 277 g/mol. The van der Waals surface area contributed by atoms with Gasteiger partial charge in [0.15, 0.2) is 0 Å². The third kappa shape index (κ3) is 2.76. The standard InChI is InChI=1S/C12H11N3O3S/c1-7-10(19-15-14-7)11(16)13-9-6-4-3-5-8(9)12(17)18-2/h3-6H,1-2H3,(H,13,16). The van der Waals surface area contributed by atoms with Crippen LogP contribution in [0.4, 0.5) is 5.69 Å². The van der Waals surface area contributed by atoms with Crippen LogP contribution in [-0.2, 0) is 4.74 Å². The number of methoxy groups -OCH3 is 1. The fourth-order valence-electron chi connectivity index (χ4n) is 1.50. The van der Waals surface area contributed by atoms with E-state index >= 15 is 0 Å². The Morgan fingerprint density at radius 3 is 2.68 bits per heavy atom. The zero-order valence-electron chi connectivity index (χ0n) is 10.3. The molecule has 1 amide bonds. The van der Waals surface area contributed by atoms with Crippen molar-refractivity contribution in [1.82, 2.24) is 9.59 Å².